The number of nitrogens with one attached hydrogen (secondary N) is 1. The molecule has 218 valence electrons. The van der Waals surface area contributed by atoms with Crippen molar-refractivity contribution in [1.82, 2.24) is 9.97 Å². The van der Waals surface area contributed by atoms with Gasteiger partial charge >= 0.3 is 0 Å². The van der Waals surface area contributed by atoms with E-state index < -0.39 is 0 Å². The van der Waals surface area contributed by atoms with Crippen LogP contribution in [0.15, 0.2) is 164 Å². The summed E-state index contributed by atoms with van der Waals surface area (Å²) >= 11 is 0. The highest BCUT2D eigenvalue weighted by Crippen LogP contribution is 2.47. The van der Waals surface area contributed by atoms with Gasteiger partial charge in [-0.05, 0) is 101 Å². The van der Waals surface area contributed by atoms with Crippen LogP contribution in [-0.2, 0) is 0 Å². The first-order valence-electron chi connectivity index (χ1n) is 16.1. The van der Waals surface area contributed by atoms with Gasteiger partial charge < -0.3 is 4.98 Å². The summed E-state index contributed by atoms with van der Waals surface area (Å²) in [6, 6.07) is 55.7. The molecular weight excluding hydrogens is 569 g/mol. The third kappa shape index (κ3) is 3.95. The lowest BCUT2D eigenvalue weighted by atomic mass is 9.83. The van der Waals surface area contributed by atoms with Crippen LogP contribution < -0.4 is 0 Å². The molecule has 0 saturated carbocycles. The lowest BCUT2D eigenvalue weighted by Crippen LogP contribution is -1.93. The predicted octanol–water partition coefficient (Wildman–Crippen LogP) is 12.3. The Morgan fingerprint density at radius 3 is 1.55 bits per heavy atom. The van der Waals surface area contributed by atoms with Crippen molar-refractivity contribution in [2.75, 3.05) is 0 Å². The number of aromatic amines is 1. The van der Waals surface area contributed by atoms with Gasteiger partial charge in [-0.3, -0.25) is 4.98 Å². The zero-order valence-electron chi connectivity index (χ0n) is 25.5. The fourth-order valence-corrected chi connectivity index (χ4v) is 7.74. The largest absolute Gasteiger partial charge is 0.354 e. The van der Waals surface area contributed by atoms with E-state index in [2.05, 4.69) is 156 Å². The molecule has 0 unspecified atom stereocenters. The number of hydrogen-bond donors (Lipinski definition) is 1. The molecule has 0 amide bonds. The molecule has 0 saturated heterocycles. The van der Waals surface area contributed by atoms with Gasteiger partial charge in [0.1, 0.15) is 0 Å². The molecule has 2 aromatic heterocycles. The second-order valence-corrected chi connectivity index (χ2v) is 12.4. The van der Waals surface area contributed by atoms with E-state index in [4.69, 9.17) is 0 Å². The first-order valence-corrected chi connectivity index (χ1v) is 16.1. The van der Waals surface area contributed by atoms with Crippen LogP contribution >= 0.6 is 0 Å². The number of fused-ring (bicyclic) bond motifs is 7. The number of aromatic nitrogens is 2. The molecule has 2 heteroatoms. The summed E-state index contributed by atoms with van der Waals surface area (Å²) in [4.78, 5) is 7.97. The van der Waals surface area contributed by atoms with Crippen molar-refractivity contribution >= 4 is 64.9 Å². The maximum absolute atomic E-state index is 4.42. The van der Waals surface area contributed by atoms with E-state index in [1.807, 2.05) is 18.5 Å². The van der Waals surface area contributed by atoms with Crippen LogP contribution in [0.1, 0.15) is 0 Å². The Bertz CT molecular complexity index is 2850. The molecule has 0 bridgehead atoms. The minimum absolute atomic E-state index is 1.11. The monoisotopic (exact) mass is 596 g/mol. The van der Waals surface area contributed by atoms with Crippen molar-refractivity contribution < 1.29 is 0 Å². The van der Waals surface area contributed by atoms with Gasteiger partial charge in [0.25, 0.3) is 0 Å². The highest BCUT2D eigenvalue weighted by atomic mass is 14.7. The summed E-state index contributed by atoms with van der Waals surface area (Å²) in [5.41, 5.74) is 9.68. The maximum Gasteiger partial charge on any atom is 0.0495 e. The molecule has 0 aliphatic carbocycles. The summed E-state index contributed by atoms with van der Waals surface area (Å²) in [5, 5.41) is 12.4. The van der Waals surface area contributed by atoms with Crippen molar-refractivity contribution in [1.29, 1.82) is 0 Å². The third-order valence-corrected chi connectivity index (χ3v) is 9.88. The van der Waals surface area contributed by atoms with Gasteiger partial charge in [0.15, 0.2) is 0 Å². The molecule has 8 aromatic carbocycles. The maximum atomic E-state index is 4.42. The molecule has 0 fully saturated rings. The molecular formula is C45H28N2. The highest BCUT2D eigenvalue weighted by Gasteiger charge is 2.20. The van der Waals surface area contributed by atoms with E-state index in [9.17, 15) is 0 Å². The number of benzene rings is 8. The standard InChI is InChI=1S/C45H28N2/c1-3-13-32-28(9-1)11-7-17-34(32)44-36-15-5-6-16-37(36)45(35-18-8-12-29-10-2-4-14-33(29)35)40-26-30(19-21-38(40)44)31-20-22-42-39(25-31)41-27-46-24-23-43(41)47-42/h1-27,47H. The summed E-state index contributed by atoms with van der Waals surface area (Å²) < 4.78 is 0. The van der Waals surface area contributed by atoms with Gasteiger partial charge in [-0.2, -0.15) is 0 Å². The Morgan fingerprint density at radius 1 is 0.362 bits per heavy atom. The van der Waals surface area contributed by atoms with Crippen LogP contribution in [-0.4, -0.2) is 9.97 Å². The molecule has 0 radical (unpaired) electrons. The lowest BCUT2D eigenvalue weighted by Gasteiger charge is -2.20. The Balaban J connectivity index is 1.35. The second-order valence-electron chi connectivity index (χ2n) is 12.4. The Hall–Kier alpha value is -6.25. The molecule has 0 aliphatic heterocycles. The Kier molecular flexibility index (Phi) is 5.61. The van der Waals surface area contributed by atoms with Crippen LogP contribution in [0.3, 0.4) is 0 Å². The number of pyridine rings is 1. The quantitative estimate of drug-likeness (QED) is 0.202. The predicted molar refractivity (Wildman–Crippen MR) is 200 cm³/mol. The van der Waals surface area contributed by atoms with E-state index in [0.29, 0.717) is 0 Å². The van der Waals surface area contributed by atoms with Gasteiger partial charge in [-0.25, -0.2) is 0 Å². The van der Waals surface area contributed by atoms with Crippen LogP contribution in [0, 0.1) is 0 Å². The van der Waals surface area contributed by atoms with Gasteiger partial charge in [0.2, 0.25) is 0 Å². The number of nitrogens with zero attached hydrogens (tertiary/aromatic N) is 1. The van der Waals surface area contributed by atoms with Crippen molar-refractivity contribution in [3.8, 4) is 33.4 Å². The van der Waals surface area contributed by atoms with E-state index in [1.54, 1.807) is 0 Å². The highest BCUT2D eigenvalue weighted by molar-refractivity contribution is 6.25. The van der Waals surface area contributed by atoms with E-state index in [1.165, 1.54) is 81.9 Å². The Morgan fingerprint density at radius 2 is 0.872 bits per heavy atom. The van der Waals surface area contributed by atoms with Gasteiger partial charge in [-0.1, -0.05) is 127 Å². The SMILES string of the molecule is c1ccc2c(-c3c4ccccc4c(-c4cccc5ccccc45)c4cc(-c5ccc6[nH]c7ccncc7c6c5)ccc34)cccc2c1. The summed E-state index contributed by atoms with van der Waals surface area (Å²) in [6.45, 7) is 0. The second kappa shape index (κ2) is 10.1. The summed E-state index contributed by atoms with van der Waals surface area (Å²) in [6.07, 6.45) is 3.80. The smallest absolute Gasteiger partial charge is 0.0495 e. The number of H-pyrrole nitrogens is 1. The van der Waals surface area contributed by atoms with Crippen LogP contribution in [0.4, 0.5) is 0 Å². The fourth-order valence-electron chi connectivity index (χ4n) is 7.74. The first kappa shape index (κ1) is 26.0. The molecule has 2 heterocycles. The first-order chi connectivity index (χ1) is 23.3. The minimum atomic E-state index is 1.11. The molecule has 10 aromatic rings. The number of hydrogen-bond acceptors (Lipinski definition) is 1. The molecule has 1 N–H and O–H groups in total. The molecule has 0 atom stereocenters. The van der Waals surface area contributed by atoms with Crippen molar-refractivity contribution in [3.05, 3.63) is 164 Å². The molecule has 47 heavy (non-hydrogen) atoms. The minimum Gasteiger partial charge on any atom is -0.354 e. The van der Waals surface area contributed by atoms with Crippen molar-refractivity contribution in [3.63, 3.8) is 0 Å². The zero-order valence-corrected chi connectivity index (χ0v) is 25.5. The van der Waals surface area contributed by atoms with Crippen molar-refractivity contribution in [2.24, 2.45) is 0 Å². The topological polar surface area (TPSA) is 28.7 Å². The van der Waals surface area contributed by atoms with Gasteiger partial charge in [0.05, 0.1) is 0 Å². The van der Waals surface area contributed by atoms with Crippen LogP contribution in [0.25, 0.3) is 98.3 Å². The lowest BCUT2D eigenvalue weighted by molar-refractivity contribution is 1.36. The third-order valence-electron chi connectivity index (χ3n) is 9.88. The van der Waals surface area contributed by atoms with E-state index in [0.717, 1.165) is 16.4 Å². The van der Waals surface area contributed by atoms with Gasteiger partial charge in [-0.15, -0.1) is 0 Å². The zero-order chi connectivity index (χ0) is 30.9. The van der Waals surface area contributed by atoms with Crippen LogP contribution in [0.2, 0.25) is 0 Å². The molecule has 10 rings (SSSR count). The normalized spacial score (nSPS) is 11.8. The van der Waals surface area contributed by atoms with Gasteiger partial charge in [0, 0.05) is 34.2 Å². The van der Waals surface area contributed by atoms with Crippen molar-refractivity contribution in [2.45, 2.75) is 0 Å². The van der Waals surface area contributed by atoms with E-state index in [-0.39, 0.29) is 0 Å². The molecule has 0 spiro atoms. The van der Waals surface area contributed by atoms with E-state index >= 15 is 0 Å². The Labute approximate surface area is 271 Å². The molecule has 0 aliphatic rings. The number of rotatable bonds is 3. The average Bonchev–Trinajstić information content (AvgIpc) is 3.51. The fraction of sp³-hybridized carbons (Fsp3) is 0. The summed E-state index contributed by atoms with van der Waals surface area (Å²) in [5.74, 6) is 0. The van der Waals surface area contributed by atoms with Crippen LogP contribution in [0.5, 0.6) is 0 Å². The average molecular weight is 597 g/mol. The molecule has 2 nitrogen and oxygen atoms in total. The summed E-state index contributed by atoms with van der Waals surface area (Å²) in [7, 11) is 0.